The van der Waals surface area contributed by atoms with E-state index in [1.54, 1.807) is 0 Å². The Labute approximate surface area is 121 Å². The summed E-state index contributed by atoms with van der Waals surface area (Å²) < 4.78 is 2.67. The second-order valence-electron chi connectivity index (χ2n) is 5.00. The Balaban J connectivity index is 2.11. The highest BCUT2D eigenvalue weighted by atomic mass is 32.1. The fourth-order valence-electron chi connectivity index (χ4n) is 2.64. The van der Waals surface area contributed by atoms with Gasteiger partial charge in [-0.15, -0.1) is 11.3 Å². The summed E-state index contributed by atoms with van der Waals surface area (Å²) in [6.45, 7) is 2.14. The predicted octanol–water partition coefficient (Wildman–Crippen LogP) is 5.42. The summed E-state index contributed by atoms with van der Waals surface area (Å²) in [5.74, 6) is 0. The SMILES string of the molecule is Cc1ccc2sc3c(-c4ccccn4)cccc3c2c1. The number of fused-ring (bicyclic) bond motifs is 3. The number of hydrogen-bond donors (Lipinski definition) is 0. The van der Waals surface area contributed by atoms with Crippen molar-refractivity contribution in [3.8, 4) is 11.3 Å². The van der Waals surface area contributed by atoms with Crippen LogP contribution >= 0.6 is 11.3 Å². The average Bonchev–Trinajstić information content (AvgIpc) is 2.86. The molecular weight excluding hydrogens is 262 g/mol. The molecule has 0 aliphatic heterocycles. The molecule has 0 fully saturated rings. The molecule has 0 atom stereocenters. The summed E-state index contributed by atoms with van der Waals surface area (Å²) in [6, 6.07) is 19.2. The summed E-state index contributed by atoms with van der Waals surface area (Å²) in [5.41, 5.74) is 3.57. The number of aryl methyl sites for hydroxylation is 1. The lowest BCUT2D eigenvalue weighted by Gasteiger charge is -2.01. The van der Waals surface area contributed by atoms with E-state index in [4.69, 9.17) is 0 Å². The highest BCUT2D eigenvalue weighted by Gasteiger charge is 2.10. The van der Waals surface area contributed by atoms with Crippen LogP contribution in [-0.2, 0) is 0 Å². The first-order valence-corrected chi connectivity index (χ1v) is 7.48. The van der Waals surface area contributed by atoms with Gasteiger partial charge in [0, 0.05) is 31.9 Å². The zero-order chi connectivity index (χ0) is 13.5. The van der Waals surface area contributed by atoms with E-state index in [2.05, 4.69) is 54.4 Å². The largest absolute Gasteiger partial charge is 0.256 e. The molecule has 0 saturated carbocycles. The maximum absolute atomic E-state index is 4.49. The Bertz CT molecular complexity index is 907. The van der Waals surface area contributed by atoms with Crippen LogP contribution in [0, 0.1) is 6.92 Å². The van der Waals surface area contributed by atoms with E-state index in [1.165, 1.54) is 31.3 Å². The lowest BCUT2D eigenvalue weighted by atomic mass is 10.1. The van der Waals surface area contributed by atoms with Crippen molar-refractivity contribution in [2.24, 2.45) is 0 Å². The molecule has 0 amide bonds. The standard InChI is InChI=1S/C18H13NS/c1-12-8-9-17-15(11-12)13-5-4-6-14(18(13)20-17)16-7-2-3-10-19-16/h2-11H,1H3. The second-order valence-corrected chi connectivity index (χ2v) is 6.05. The first-order valence-electron chi connectivity index (χ1n) is 6.66. The van der Waals surface area contributed by atoms with E-state index in [1.807, 2.05) is 29.7 Å². The maximum Gasteiger partial charge on any atom is 0.0716 e. The maximum atomic E-state index is 4.49. The van der Waals surface area contributed by atoms with Crippen molar-refractivity contribution in [2.45, 2.75) is 6.92 Å². The molecule has 0 aliphatic rings. The number of rotatable bonds is 1. The Hall–Kier alpha value is -2.19. The minimum absolute atomic E-state index is 1.04. The number of nitrogens with zero attached hydrogens (tertiary/aromatic N) is 1. The Morgan fingerprint density at radius 1 is 0.900 bits per heavy atom. The minimum atomic E-state index is 1.04. The van der Waals surface area contributed by atoms with Crippen molar-refractivity contribution in [1.29, 1.82) is 0 Å². The fraction of sp³-hybridized carbons (Fsp3) is 0.0556. The van der Waals surface area contributed by atoms with E-state index in [9.17, 15) is 0 Å². The molecule has 2 aromatic carbocycles. The zero-order valence-electron chi connectivity index (χ0n) is 11.1. The third kappa shape index (κ3) is 1.73. The summed E-state index contributed by atoms with van der Waals surface area (Å²) in [5, 5.41) is 2.68. The molecule has 96 valence electrons. The summed E-state index contributed by atoms with van der Waals surface area (Å²) in [6.07, 6.45) is 1.85. The van der Waals surface area contributed by atoms with Gasteiger partial charge in [0.05, 0.1) is 5.69 Å². The molecular formula is C18H13NS. The lowest BCUT2D eigenvalue weighted by molar-refractivity contribution is 1.33. The second kappa shape index (κ2) is 4.43. The number of aromatic nitrogens is 1. The molecule has 20 heavy (non-hydrogen) atoms. The van der Waals surface area contributed by atoms with Crippen LogP contribution in [-0.4, -0.2) is 4.98 Å². The summed E-state index contributed by atoms with van der Waals surface area (Å²) in [7, 11) is 0. The number of benzene rings is 2. The molecule has 0 saturated heterocycles. The van der Waals surface area contributed by atoms with Crippen molar-refractivity contribution in [3.05, 3.63) is 66.4 Å². The van der Waals surface area contributed by atoms with Crippen molar-refractivity contribution in [1.82, 2.24) is 4.98 Å². The summed E-state index contributed by atoms with van der Waals surface area (Å²) in [4.78, 5) is 4.49. The van der Waals surface area contributed by atoms with E-state index in [-0.39, 0.29) is 0 Å². The molecule has 1 nitrogen and oxygen atoms in total. The number of pyridine rings is 1. The van der Waals surface area contributed by atoms with Crippen LogP contribution in [0.5, 0.6) is 0 Å². The van der Waals surface area contributed by atoms with Gasteiger partial charge >= 0.3 is 0 Å². The molecule has 2 aromatic heterocycles. The third-order valence-electron chi connectivity index (χ3n) is 3.59. The number of thiophene rings is 1. The molecule has 0 aliphatic carbocycles. The first kappa shape index (κ1) is 11.6. The molecule has 0 bridgehead atoms. The number of hydrogen-bond acceptors (Lipinski definition) is 2. The summed E-state index contributed by atoms with van der Waals surface area (Å²) >= 11 is 1.85. The van der Waals surface area contributed by atoms with Gasteiger partial charge in [0.2, 0.25) is 0 Å². The van der Waals surface area contributed by atoms with Gasteiger partial charge in [-0.1, -0.05) is 35.9 Å². The first-order chi connectivity index (χ1) is 9.83. The van der Waals surface area contributed by atoms with E-state index >= 15 is 0 Å². The molecule has 2 heterocycles. The van der Waals surface area contributed by atoms with Crippen LogP contribution < -0.4 is 0 Å². The van der Waals surface area contributed by atoms with Crippen LogP contribution in [0.4, 0.5) is 0 Å². The van der Waals surface area contributed by atoms with E-state index in [0.717, 1.165) is 5.69 Å². The third-order valence-corrected chi connectivity index (χ3v) is 4.81. The minimum Gasteiger partial charge on any atom is -0.256 e. The van der Waals surface area contributed by atoms with Gasteiger partial charge in [0.15, 0.2) is 0 Å². The molecule has 0 N–H and O–H groups in total. The Kier molecular flexibility index (Phi) is 2.57. The van der Waals surface area contributed by atoms with Gasteiger partial charge in [0.25, 0.3) is 0 Å². The van der Waals surface area contributed by atoms with Gasteiger partial charge in [-0.25, -0.2) is 0 Å². The molecule has 0 spiro atoms. The fourth-order valence-corrected chi connectivity index (χ4v) is 3.84. The average molecular weight is 275 g/mol. The quantitative estimate of drug-likeness (QED) is 0.451. The molecule has 4 rings (SSSR count). The van der Waals surface area contributed by atoms with E-state index < -0.39 is 0 Å². The van der Waals surface area contributed by atoms with Crippen LogP contribution in [0.25, 0.3) is 31.4 Å². The predicted molar refractivity (Wildman–Crippen MR) is 87.3 cm³/mol. The van der Waals surface area contributed by atoms with Gasteiger partial charge in [0.1, 0.15) is 0 Å². The highest BCUT2D eigenvalue weighted by molar-refractivity contribution is 7.26. The molecule has 4 aromatic rings. The van der Waals surface area contributed by atoms with Crippen LogP contribution in [0.3, 0.4) is 0 Å². The molecule has 0 radical (unpaired) electrons. The molecule has 2 heteroatoms. The van der Waals surface area contributed by atoms with Crippen molar-refractivity contribution < 1.29 is 0 Å². The normalized spacial score (nSPS) is 11.2. The van der Waals surface area contributed by atoms with Gasteiger partial charge in [-0.2, -0.15) is 0 Å². The van der Waals surface area contributed by atoms with Crippen molar-refractivity contribution >= 4 is 31.5 Å². The van der Waals surface area contributed by atoms with Gasteiger partial charge < -0.3 is 0 Å². The van der Waals surface area contributed by atoms with Crippen molar-refractivity contribution in [2.75, 3.05) is 0 Å². The molecule has 0 unspecified atom stereocenters. The monoisotopic (exact) mass is 275 g/mol. The smallest absolute Gasteiger partial charge is 0.0716 e. The topological polar surface area (TPSA) is 12.9 Å². The van der Waals surface area contributed by atoms with Gasteiger partial charge in [-0.3, -0.25) is 4.98 Å². The highest BCUT2D eigenvalue weighted by Crippen LogP contribution is 2.39. The Morgan fingerprint density at radius 2 is 1.85 bits per heavy atom. The van der Waals surface area contributed by atoms with Gasteiger partial charge in [-0.05, 0) is 31.2 Å². The van der Waals surface area contributed by atoms with Crippen LogP contribution in [0.15, 0.2) is 60.8 Å². The zero-order valence-corrected chi connectivity index (χ0v) is 11.9. The van der Waals surface area contributed by atoms with Crippen LogP contribution in [0.2, 0.25) is 0 Å². The Morgan fingerprint density at radius 3 is 2.70 bits per heavy atom. The van der Waals surface area contributed by atoms with E-state index in [0.29, 0.717) is 0 Å². The lowest BCUT2D eigenvalue weighted by Crippen LogP contribution is -1.81. The van der Waals surface area contributed by atoms with Crippen molar-refractivity contribution in [3.63, 3.8) is 0 Å². The van der Waals surface area contributed by atoms with Crippen LogP contribution in [0.1, 0.15) is 5.56 Å².